The molecule has 102 valence electrons. The van der Waals surface area contributed by atoms with E-state index in [2.05, 4.69) is 5.32 Å². The van der Waals surface area contributed by atoms with Crippen LogP contribution in [0.25, 0.3) is 0 Å². The number of benzene rings is 2. The number of nitrogens with one attached hydrogen (secondary N) is 1. The van der Waals surface area contributed by atoms with Crippen molar-refractivity contribution in [1.29, 1.82) is 0 Å². The van der Waals surface area contributed by atoms with Crippen molar-refractivity contribution < 1.29 is 9.53 Å². The molecule has 0 radical (unpaired) electrons. The minimum Gasteiger partial charge on any atom is -0.497 e. The summed E-state index contributed by atoms with van der Waals surface area (Å²) < 4.78 is 5.15. The Morgan fingerprint density at radius 2 is 1.90 bits per heavy atom. The number of methoxy groups -OCH3 is 1. The predicted molar refractivity (Wildman–Crippen MR) is 81.5 cm³/mol. The Balaban J connectivity index is 1.87. The van der Waals surface area contributed by atoms with Crippen LogP contribution in [0.5, 0.6) is 5.75 Å². The van der Waals surface area contributed by atoms with Gasteiger partial charge < -0.3 is 10.1 Å². The van der Waals surface area contributed by atoms with Crippen LogP contribution in [-0.2, 0) is 4.79 Å². The van der Waals surface area contributed by atoms with Crippen molar-refractivity contribution in [3.05, 3.63) is 54.1 Å². The summed E-state index contributed by atoms with van der Waals surface area (Å²) in [4.78, 5) is 13.5. The van der Waals surface area contributed by atoms with Crippen LogP contribution in [0.3, 0.4) is 0 Å². The number of ether oxygens (including phenoxy) is 1. The van der Waals surface area contributed by atoms with Crippen molar-refractivity contribution in [2.24, 2.45) is 0 Å². The Morgan fingerprint density at radius 1 is 1.15 bits per heavy atom. The summed E-state index contributed by atoms with van der Waals surface area (Å²) in [7, 11) is 1.64. The number of carbonyl (C=O) groups is 1. The second-order valence-corrected chi connectivity index (χ2v) is 5.68. The van der Waals surface area contributed by atoms with Gasteiger partial charge in [-0.2, -0.15) is 0 Å². The third kappa shape index (κ3) is 2.51. The Labute approximate surface area is 122 Å². The molecule has 2 aromatic rings. The minimum atomic E-state index is -0.140. The summed E-state index contributed by atoms with van der Waals surface area (Å²) in [6.45, 7) is 0. The number of hydrogen-bond donors (Lipinski definition) is 1. The molecule has 0 aromatic heterocycles. The first-order valence-electron chi connectivity index (χ1n) is 6.44. The molecule has 0 fully saturated rings. The van der Waals surface area contributed by atoms with Gasteiger partial charge in [0, 0.05) is 10.6 Å². The van der Waals surface area contributed by atoms with Crippen molar-refractivity contribution in [2.75, 3.05) is 18.2 Å². The standard InChI is InChI=1S/C16H15NO2S/c1-19-12-8-6-11(7-9-12)13-10-20-15-5-3-2-4-14(15)17-16(13)18/h2-9,13H,10H2,1H3,(H,17,18). The molecule has 1 aliphatic heterocycles. The Hall–Kier alpha value is -1.94. The molecule has 1 heterocycles. The molecule has 1 atom stereocenters. The number of para-hydroxylation sites is 1. The fourth-order valence-corrected chi connectivity index (χ4v) is 3.39. The molecule has 0 saturated carbocycles. The first-order valence-corrected chi connectivity index (χ1v) is 7.43. The third-order valence-corrected chi connectivity index (χ3v) is 4.55. The summed E-state index contributed by atoms with van der Waals surface area (Å²) >= 11 is 1.71. The highest BCUT2D eigenvalue weighted by atomic mass is 32.2. The average Bonchev–Trinajstić information content (AvgIpc) is 2.66. The molecule has 0 spiro atoms. The Morgan fingerprint density at radius 3 is 2.65 bits per heavy atom. The van der Waals surface area contributed by atoms with E-state index in [1.807, 2.05) is 48.5 Å². The smallest absolute Gasteiger partial charge is 0.232 e. The Kier molecular flexibility index (Phi) is 3.65. The first kappa shape index (κ1) is 13.1. The van der Waals surface area contributed by atoms with Crippen LogP contribution in [-0.4, -0.2) is 18.8 Å². The summed E-state index contributed by atoms with van der Waals surface area (Å²) in [5.74, 6) is 1.46. The lowest BCUT2D eigenvalue weighted by Crippen LogP contribution is -2.21. The fourth-order valence-electron chi connectivity index (χ4n) is 2.25. The van der Waals surface area contributed by atoms with Gasteiger partial charge in [-0.25, -0.2) is 0 Å². The van der Waals surface area contributed by atoms with Crippen molar-refractivity contribution in [2.45, 2.75) is 10.8 Å². The first-order chi connectivity index (χ1) is 9.78. The maximum absolute atomic E-state index is 12.4. The number of anilines is 1. The van der Waals surface area contributed by atoms with Crippen LogP contribution >= 0.6 is 11.8 Å². The molecule has 0 bridgehead atoms. The number of fused-ring (bicyclic) bond motifs is 1. The van der Waals surface area contributed by atoms with Crippen LogP contribution in [0.1, 0.15) is 11.5 Å². The molecule has 4 heteroatoms. The molecular weight excluding hydrogens is 270 g/mol. The van der Waals surface area contributed by atoms with Gasteiger partial charge in [0.05, 0.1) is 18.7 Å². The molecule has 20 heavy (non-hydrogen) atoms. The molecule has 1 aliphatic rings. The van der Waals surface area contributed by atoms with Gasteiger partial charge in [-0.1, -0.05) is 24.3 Å². The molecule has 3 nitrogen and oxygen atoms in total. The SMILES string of the molecule is COc1ccc(C2CSc3ccccc3NC2=O)cc1. The maximum atomic E-state index is 12.4. The lowest BCUT2D eigenvalue weighted by molar-refractivity contribution is -0.117. The van der Waals surface area contributed by atoms with E-state index in [9.17, 15) is 4.79 Å². The molecule has 0 saturated heterocycles. The van der Waals surface area contributed by atoms with Crippen LogP contribution < -0.4 is 10.1 Å². The number of amides is 1. The number of rotatable bonds is 2. The molecule has 0 aliphatic carbocycles. The van der Waals surface area contributed by atoms with E-state index >= 15 is 0 Å². The lowest BCUT2D eigenvalue weighted by atomic mass is 10.00. The van der Waals surface area contributed by atoms with Crippen molar-refractivity contribution in [3.8, 4) is 5.75 Å². The number of carbonyl (C=O) groups excluding carboxylic acids is 1. The van der Waals surface area contributed by atoms with Crippen molar-refractivity contribution in [1.82, 2.24) is 0 Å². The van der Waals surface area contributed by atoms with Gasteiger partial charge in [0.15, 0.2) is 0 Å². The van der Waals surface area contributed by atoms with E-state index in [-0.39, 0.29) is 11.8 Å². The van der Waals surface area contributed by atoms with Crippen LogP contribution in [0.15, 0.2) is 53.4 Å². The Bertz CT molecular complexity index is 625. The summed E-state index contributed by atoms with van der Waals surface area (Å²) in [6, 6.07) is 15.6. The zero-order chi connectivity index (χ0) is 13.9. The second kappa shape index (κ2) is 5.59. The molecule has 3 rings (SSSR count). The van der Waals surface area contributed by atoms with Gasteiger partial charge in [-0.15, -0.1) is 11.8 Å². The highest BCUT2D eigenvalue weighted by Gasteiger charge is 2.25. The second-order valence-electron chi connectivity index (χ2n) is 4.62. The van der Waals surface area contributed by atoms with Gasteiger partial charge in [0.1, 0.15) is 5.75 Å². The quantitative estimate of drug-likeness (QED) is 0.917. The topological polar surface area (TPSA) is 38.3 Å². The fraction of sp³-hybridized carbons (Fsp3) is 0.188. The van der Waals surface area contributed by atoms with Gasteiger partial charge in [0.25, 0.3) is 0 Å². The largest absolute Gasteiger partial charge is 0.497 e. The number of thioether (sulfide) groups is 1. The summed E-state index contributed by atoms with van der Waals surface area (Å²) in [5.41, 5.74) is 1.92. The minimum absolute atomic E-state index is 0.0487. The number of hydrogen-bond acceptors (Lipinski definition) is 3. The van der Waals surface area contributed by atoms with Crippen LogP contribution in [0, 0.1) is 0 Å². The van der Waals surface area contributed by atoms with E-state index < -0.39 is 0 Å². The van der Waals surface area contributed by atoms with Gasteiger partial charge >= 0.3 is 0 Å². The highest BCUT2D eigenvalue weighted by molar-refractivity contribution is 7.99. The van der Waals surface area contributed by atoms with Gasteiger partial charge in [0.2, 0.25) is 5.91 Å². The van der Waals surface area contributed by atoms with Gasteiger partial charge in [-0.3, -0.25) is 4.79 Å². The normalized spacial score (nSPS) is 17.9. The van der Waals surface area contributed by atoms with Crippen molar-refractivity contribution in [3.63, 3.8) is 0 Å². The molecular formula is C16H15NO2S. The lowest BCUT2D eigenvalue weighted by Gasteiger charge is -2.13. The molecule has 1 amide bonds. The monoisotopic (exact) mass is 285 g/mol. The highest BCUT2D eigenvalue weighted by Crippen LogP contribution is 2.35. The average molecular weight is 285 g/mol. The molecule has 2 aromatic carbocycles. The van der Waals surface area contributed by atoms with Crippen LogP contribution in [0.4, 0.5) is 5.69 Å². The maximum Gasteiger partial charge on any atom is 0.232 e. The van der Waals surface area contributed by atoms with Crippen LogP contribution in [0.2, 0.25) is 0 Å². The zero-order valence-corrected chi connectivity index (χ0v) is 11.9. The summed E-state index contributed by atoms with van der Waals surface area (Å²) in [5, 5.41) is 3.01. The zero-order valence-electron chi connectivity index (χ0n) is 11.1. The summed E-state index contributed by atoms with van der Waals surface area (Å²) in [6.07, 6.45) is 0. The van der Waals surface area contributed by atoms with E-state index in [0.717, 1.165) is 27.6 Å². The van der Waals surface area contributed by atoms with E-state index in [4.69, 9.17) is 4.74 Å². The van der Waals surface area contributed by atoms with Gasteiger partial charge in [-0.05, 0) is 29.8 Å². The van der Waals surface area contributed by atoms with Crippen molar-refractivity contribution >= 4 is 23.4 Å². The predicted octanol–water partition coefficient (Wildman–Crippen LogP) is 3.52. The van der Waals surface area contributed by atoms with E-state index in [1.54, 1.807) is 18.9 Å². The third-order valence-electron chi connectivity index (χ3n) is 3.39. The molecule has 1 N–H and O–H groups in total. The van der Waals surface area contributed by atoms with E-state index in [1.165, 1.54) is 0 Å². The van der Waals surface area contributed by atoms with E-state index in [0.29, 0.717) is 0 Å². The molecule has 1 unspecified atom stereocenters.